The maximum absolute atomic E-state index is 12.3. The molecule has 1 aliphatic rings. The number of hydrogen-bond donors (Lipinski definition) is 0. The third-order valence-electron chi connectivity index (χ3n) is 3.95. The summed E-state index contributed by atoms with van der Waals surface area (Å²) in [6, 6.07) is 5.96. The number of benzene rings is 1. The molecule has 0 aromatic heterocycles. The zero-order chi connectivity index (χ0) is 16.3. The molecule has 1 heterocycles. The lowest BCUT2D eigenvalue weighted by atomic mass is 10.1. The number of nitrogens with zero attached hydrogens (tertiary/aromatic N) is 2. The van der Waals surface area contributed by atoms with E-state index in [0.717, 1.165) is 19.6 Å². The first kappa shape index (κ1) is 17.4. The molecule has 6 heteroatoms. The van der Waals surface area contributed by atoms with E-state index in [1.54, 1.807) is 18.2 Å². The normalized spacial score (nSPS) is 19.5. The van der Waals surface area contributed by atoms with Crippen LogP contribution in [-0.4, -0.2) is 54.0 Å². The summed E-state index contributed by atoms with van der Waals surface area (Å²) in [6.45, 7) is 8.78. The number of hydrogen-bond acceptors (Lipinski definition) is 3. The third kappa shape index (κ3) is 4.06. The van der Waals surface area contributed by atoms with Crippen LogP contribution >= 0.6 is 23.2 Å². The van der Waals surface area contributed by atoms with Gasteiger partial charge in [-0.3, -0.25) is 9.69 Å². The minimum absolute atomic E-state index is 0.0359. The maximum Gasteiger partial charge on any atom is 0.260 e. The fourth-order valence-corrected chi connectivity index (χ4v) is 3.32. The summed E-state index contributed by atoms with van der Waals surface area (Å²) in [5, 5.41) is 0.830. The molecule has 0 spiro atoms. The second kappa shape index (κ2) is 7.53. The quantitative estimate of drug-likeness (QED) is 0.839. The lowest BCUT2D eigenvalue weighted by molar-refractivity contribution is -0.136. The largest absolute Gasteiger partial charge is 0.481 e. The van der Waals surface area contributed by atoms with E-state index in [1.807, 2.05) is 4.90 Å². The Hall–Kier alpha value is -0.970. The standard InChI is InChI=1S/C16H22Cl2N2O2/c1-11(2)20-8-7-19(9-12(20)3)15(21)10-22-16-13(17)5-4-6-14(16)18/h4-6,11-12H,7-10H2,1-3H3. The highest BCUT2D eigenvalue weighted by Crippen LogP contribution is 2.32. The first-order chi connectivity index (χ1) is 10.4. The monoisotopic (exact) mass is 344 g/mol. The van der Waals surface area contributed by atoms with Crippen molar-refractivity contribution in [3.63, 3.8) is 0 Å². The number of para-hydroxylation sites is 1. The summed E-state index contributed by atoms with van der Waals surface area (Å²) in [4.78, 5) is 16.6. The van der Waals surface area contributed by atoms with E-state index in [-0.39, 0.29) is 12.5 Å². The Labute approximate surface area is 141 Å². The van der Waals surface area contributed by atoms with Gasteiger partial charge in [-0.2, -0.15) is 0 Å². The number of carbonyl (C=O) groups is 1. The zero-order valence-electron chi connectivity index (χ0n) is 13.2. The van der Waals surface area contributed by atoms with Crippen LogP contribution in [-0.2, 0) is 4.79 Å². The zero-order valence-corrected chi connectivity index (χ0v) is 14.7. The fourth-order valence-electron chi connectivity index (χ4n) is 2.81. The van der Waals surface area contributed by atoms with Crippen LogP contribution in [0.5, 0.6) is 5.75 Å². The Bertz CT molecular complexity index is 517. The Morgan fingerprint density at radius 2 is 1.95 bits per heavy atom. The van der Waals surface area contributed by atoms with Crippen LogP contribution in [0.15, 0.2) is 18.2 Å². The maximum atomic E-state index is 12.3. The van der Waals surface area contributed by atoms with E-state index >= 15 is 0 Å². The van der Waals surface area contributed by atoms with Gasteiger partial charge in [0.15, 0.2) is 12.4 Å². The van der Waals surface area contributed by atoms with E-state index in [0.29, 0.717) is 27.9 Å². The molecule has 1 aliphatic heterocycles. The smallest absolute Gasteiger partial charge is 0.260 e. The molecule has 2 rings (SSSR count). The summed E-state index contributed by atoms with van der Waals surface area (Å²) in [7, 11) is 0. The molecule has 4 nitrogen and oxygen atoms in total. The molecule has 1 aromatic carbocycles. The average molecular weight is 345 g/mol. The van der Waals surface area contributed by atoms with Crippen molar-refractivity contribution >= 4 is 29.1 Å². The van der Waals surface area contributed by atoms with Crippen LogP contribution in [0.4, 0.5) is 0 Å². The summed E-state index contributed by atoms with van der Waals surface area (Å²) < 4.78 is 5.52. The van der Waals surface area contributed by atoms with Crippen LogP contribution in [0.3, 0.4) is 0 Å². The van der Waals surface area contributed by atoms with E-state index < -0.39 is 0 Å². The first-order valence-electron chi connectivity index (χ1n) is 7.50. The molecule has 1 fully saturated rings. The number of carbonyl (C=O) groups excluding carboxylic acids is 1. The van der Waals surface area contributed by atoms with Crippen molar-refractivity contribution in [2.24, 2.45) is 0 Å². The van der Waals surface area contributed by atoms with Crippen molar-refractivity contribution in [2.75, 3.05) is 26.2 Å². The highest BCUT2D eigenvalue weighted by atomic mass is 35.5. The average Bonchev–Trinajstić information content (AvgIpc) is 2.46. The Morgan fingerprint density at radius 1 is 1.32 bits per heavy atom. The van der Waals surface area contributed by atoms with Gasteiger partial charge in [0, 0.05) is 31.7 Å². The minimum atomic E-state index is -0.0438. The number of rotatable bonds is 4. The van der Waals surface area contributed by atoms with Gasteiger partial charge in [-0.25, -0.2) is 0 Å². The molecule has 1 saturated heterocycles. The van der Waals surface area contributed by atoms with E-state index in [4.69, 9.17) is 27.9 Å². The lowest BCUT2D eigenvalue weighted by Gasteiger charge is -2.42. The second-order valence-corrected chi connectivity index (χ2v) is 6.67. The molecular formula is C16H22Cl2N2O2. The SMILES string of the molecule is CC(C)N1CCN(C(=O)COc2c(Cl)cccc2Cl)CC1C. The van der Waals surface area contributed by atoms with Gasteiger partial charge in [0.25, 0.3) is 5.91 Å². The van der Waals surface area contributed by atoms with E-state index in [1.165, 1.54) is 0 Å². The van der Waals surface area contributed by atoms with Crippen LogP contribution in [0.2, 0.25) is 10.0 Å². The van der Waals surface area contributed by atoms with Crippen molar-refractivity contribution in [1.82, 2.24) is 9.80 Å². The van der Waals surface area contributed by atoms with Gasteiger partial charge in [-0.1, -0.05) is 29.3 Å². The molecule has 1 unspecified atom stereocenters. The van der Waals surface area contributed by atoms with E-state index in [9.17, 15) is 4.79 Å². The highest BCUT2D eigenvalue weighted by Gasteiger charge is 2.28. The fraction of sp³-hybridized carbons (Fsp3) is 0.562. The molecule has 0 saturated carbocycles. The molecule has 1 atom stereocenters. The number of amides is 1. The number of piperazine rings is 1. The van der Waals surface area contributed by atoms with Crippen molar-refractivity contribution in [3.8, 4) is 5.75 Å². The van der Waals surface area contributed by atoms with Crippen LogP contribution in [0, 0.1) is 0 Å². The van der Waals surface area contributed by atoms with Crippen molar-refractivity contribution in [1.29, 1.82) is 0 Å². The van der Waals surface area contributed by atoms with E-state index in [2.05, 4.69) is 25.7 Å². The van der Waals surface area contributed by atoms with Crippen molar-refractivity contribution in [3.05, 3.63) is 28.2 Å². The predicted molar refractivity (Wildman–Crippen MR) is 89.8 cm³/mol. The topological polar surface area (TPSA) is 32.8 Å². The molecular weight excluding hydrogens is 323 g/mol. The number of halogens is 2. The molecule has 22 heavy (non-hydrogen) atoms. The molecule has 0 N–H and O–H groups in total. The third-order valence-corrected chi connectivity index (χ3v) is 4.55. The summed E-state index contributed by atoms with van der Waals surface area (Å²) in [5.74, 6) is 0.333. The van der Waals surface area contributed by atoms with Gasteiger partial charge in [-0.05, 0) is 32.9 Å². The summed E-state index contributed by atoms with van der Waals surface area (Å²) in [5.41, 5.74) is 0. The molecule has 0 radical (unpaired) electrons. The summed E-state index contributed by atoms with van der Waals surface area (Å²) in [6.07, 6.45) is 0. The van der Waals surface area contributed by atoms with Gasteiger partial charge in [0.05, 0.1) is 10.0 Å². The summed E-state index contributed by atoms with van der Waals surface area (Å²) >= 11 is 12.1. The van der Waals surface area contributed by atoms with Gasteiger partial charge < -0.3 is 9.64 Å². The molecule has 0 bridgehead atoms. The van der Waals surface area contributed by atoms with Crippen molar-refractivity contribution in [2.45, 2.75) is 32.9 Å². The first-order valence-corrected chi connectivity index (χ1v) is 8.26. The molecule has 122 valence electrons. The Kier molecular flexibility index (Phi) is 5.95. The lowest BCUT2D eigenvalue weighted by Crippen LogP contribution is -2.56. The van der Waals surface area contributed by atoms with Crippen molar-refractivity contribution < 1.29 is 9.53 Å². The molecule has 0 aliphatic carbocycles. The van der Waals surface area contributed by atoms with Gasteiger partial charge in [0.2, 0.25) is 0 Å². The van der Waals surface area contributed by atoms with Gasteiger partial charge in [-0.15, -0.1) is 0 Å². The van der Waals surface area contributed by atoms with Crippen LogP contribution in [0.1, 0.15) is 20.8 Å². The van der Waals surface area contributed by atoms with Crippen LogP contribution < -0.4 is 4.74 Å². The second-order valence-electron chi connectivity index (χ2n) is 5.86. The Balaban J connectivity index is 1.91. The van der Waals surface area contributed by atoms with Gasteiger partial charge >= 0.3 is 0 Å². The Morgan fingerprint density at radius 3 is 2.50 bits per heavy atom. The molecule has 1 amide bonds. The number of ether oxygens (including phenoxy) is 1. The highest BCUT2D eigenvalue weighted by molar-refractivity contribution is 6.37. The predicted octanol–water partition coefficient (Wildman–Crippen LogP) is 3.31. The molecule has 1 aromatic rings. The minimum Gasteiger partial charge on any atom is -0.481 e. The van der Waals surface area contributed by atoms with Crippen LogP contribution in [0.25, 0.3) is 0 Å². The van der Waals surface area contributed by atoms with Gasteiger partial charge in [0.1, 0.15) is 0 Å².